The Morgan fingerprint density at radius 1 is 1.29 bits per heavy atom. The van der Waals surface area contributed by atoms with Gasteiger partial charge >= 0.3 is 0 Å². The Kier molecular flexibility index (Phi) is 2.69. The summed E-state index contributed by atoms with van der Waals surface area (Å²) in [5, 5.41) is 9.22. The van der Waals surface area contributed by atoms with Crippen LogP contribution in [0.15, 0.2) is 29.2 Å². The van der Waals surface area contributed by atoms with Crippen molar-refractivity contribution in [3.63, 3.8) is 0 Å². The minimum Gasteiger partial charge on any atom is -0.374 e. The molecule has 0 amide bonds. The summed E-state index contributed by atoms with van der Waals surface area (Å²) in [5.41, 5.74) is 6.65. The van der Waals surface area contributed by atoms with E-state index in [-0.39, 0.29) is 0 Å². The summed E-state index contributed by atoms with van der Waals surface area (Å²) >= 11 is 3.11. The molecule has 0 aliphatic rings. The second-order valence-electron chi connectivity index (χ2n) is 2.65. The first-order chi connectivity index (χ1) is 6.81. The molecule has 2 N–H and O–H groups in total. The van der Waals surface area contributed by atoms with Crippen LogP contribution in [-0.2, 0) is 0 Å². The predicted molar refractivity (Wildman–Crippen MR) is 61.5 cm³/mol. The molecule has 0 saturated heterocycles. The lowest BCUT2D eigenvalue weighted by Gasteiger charge is -2.01. The van der Waals surface area contributed by atoms with E-state index < -0.39 is 0 Å². The van der Waals surface area contributed by atoms with Crippen molar-refractivity contribution in [2.75, 3.05) is 12.0 Å². The van der Waals surface area contributed by atoms with E-state index >= 15 is 0 Å². The molecule has 0 spiro atoms. The summed E-state index contributed by atoms with van der Waals surface area (Å²) in [5.74, 6) is 0. The fourth-order valence-corrected chi connectivity index (χ4v) is 2.48. The number of nitrogens with zero attached hydrogens (tertiary/aromatic N) is 2. The van der Waals surface area contributed by atoms with Gasteiger partial charge in [0, 0.05) is 10.5 Å². The summed E-state index contributed by atoms with van der Waals surface area (Å²) in [4.78, 5) is 1.20. The number of thioether (sulfide) groups is 1. The van der Waals surface area contributed by atoms with Gasteiger partial charge in [0.1, 0.15) is 0 Å². The number of hydrogen-bond acceptors (Lipinski definition) is 5. The number of anilines is 1. The average molecular weight is 223 g/mol. The monoisotopic (exact) mass is 223 g/mol. The second kappa shape index (κ2) is 3.98. The van der Waals surface area contributed by atoms with Crippen LogP contribution in [0.1, 0.15) is 0 Å². The molecule has 2 rings (SSSR count). The Morgan fingerprint density at radius 2 is 2.07 bits per heavy atom. The van der Waals surface area contributed by atoms with E-state index in [9.17, 15) is 0 Å². The van der Waals surface area contributed by atoms with Crippen LogP contribution in [0.4, 0.5) is 5.13 Å². The SMILES string of the molecule is CSc1ccccc1-c1nnc(N)s1. The molecule has 0 saturated carbocycles. The maximum Gasteiger partial charge on any atom is 0.203 e. The topological polar surface area (TPSA) is 51.8 Å². The first kappa shape index (κ1) is 9.48. The molecule has 1 heterocycles. The Hall–Kier alpha value is -1.07. The molecule has 14 heavy (non-hydrogen) atoms. The van der Waals surface area contributed by atoms with Gasteiger partial charge in [-0.05, 0) is 12.3 Å². The molecule has 1 aromatic carbocycles. The third kappa shape index (κ3) is 1.73. The van der Waals surface area contributed by atoms with E-state index in [4.69, 9.17) is 5.73 Å². The van der Waals surface area contributed by atoms with Crippen LogP contribution in [-0.4, -0.2) is 16.5 Å². The normalized spacial score (nSPS) is 10.4. The first-order valence-corrected chi connectivity index (χ1v) is 6.08. The third-order valence-corrected chi connectivity index (χ3v) is 3.36. The number of rotatable bonds is 2. The van der Waals surface area contributed by atoms with Crippen LogP contribution in [0, 0.1) is 0 Å². The van der Waals surface area contributed by atoms with Crippen molar-refractivity contribution >= 4 is 28.2 Å². The standard InChI is InChI=1S/C9H9N3S2/c1-13-7-5-3-2-4-6(7)8-11-12-9(10)14-8/h2-5H,1H3,(H2,10,12). The molecule has 1 aromatic heterocycles. The fourth-order valence-electron chi connectivity index (χ4n) is 1.16. The van der Waals surface area contributed by atoms with Crippen molar-refractivity contribution in [2.24, 2.45) is 0 Å². The molecular weight excluding hydrogens is 214 g/mol. The number of hydrogen-bond donors (Lipinski definition) is 1. The fraction of sp³-hybridized carbons (Fsp3) is 0.111. The average Bonchev–Trinajstić information content (AvgIpc) is 2.65. The molecule has 3 nitrogen and oxygen atoms in total. The highest BCUT2D eigenvalue weighted by atomic mass is 32.2. The van der Waals surface area contributed by atoms with Gasteiger partial charge in [-0.15, -0.1) is 22.0 Å². The summed E-state index contributed by atoms with van der Waals surface area (Å²) in [7, 11) is 0. The third-order valence-electron chi connectivity index (χ3n) is 1.78. The zero-order valence-electron chi connectivity index (χ0n) is 7.60. The second-order valence-corrected chi connectivity index (χ2v) is 4.50. The summed E-state index contributed by atoms with van der Waals surface area (Å²) < 4.78 is 0. The molecule has 0 aliphatic heterocycles. The molecule has 72 valence electrons. The maximum atomic E-state index is 5.55. The van der Waals surface area contributed by atoms with Gasteiger partial charge < -0.3 is 5.73 Å². The van der Waals surface area contributed by atoms with E-state index in [0.717, 1.165) is 10.6 Å². The van der Waals surface area contributed by atoms with Gasteiger partial charge in [-0.1, -0.05) is 29.5 Å². The van der Waals surface area contributed by atoms with Crippen LogP contribution in [0.25, 0.3) is 10.6 Å². The molecule has 0 atom stereocenters. The van der Waals surface area contributed by atoms with Gasteiger partial charge in [-0.25, -0.2) is 0 Å². The number of nitrogens with two attached hydrogens (primary N) is 1. The molecule has 0 aliphatic carbocycles. The Morgan fingerprint density at radius 3 is 2.71 bits per heavy atom. The maximum absolute atomic E-state index is 5.55. The Bertz CT molecular complexity index is 439. The molecule has 5 heteroatoms. The lowest BCUT2D eigenvalue weighted by Crippen LogP contribution is -1.81. The van der Waals surface area contributed by atoms with Crippen molar-refractivity contribution in [3.8, 4) is 10.6 Å². The zero-order valence-corrected chi connectivity index (χ0v) is 9.23. The molecule has 0 unspecified atom stereocenters. The first-order valence-electron chi connectivity index (χ1n) is 4.03. The highest BCUT2D eigenvalue weighted by Gasteiger charge is 2.07. The van der Waals surface area contributed by atoms with E-state index in [1.54, 1.807) is 11.8 Å². The van der Waals surface area contributed by atoms with Gasteiger partial charge in [-0.3, -0.25) is 0 Å². The number of aromatic nitrogens is 2. The van der Waals surface area contributed by atoms with Crippen molar-refractivity contribution in [2.45, 2.75) is 4.90 Å². The molecular formula is C9H9N3S2. The van der Waals surface area contributed by atoms with Crippen molar-refractivity contribution < 1.29 is 0 Å². The van der Waals surface area contributed by atoms with Gasteiger partial charge in [0.25, 0.3) is 0 Å². The lowest BCUT2D eigenvalue weighted by molar-refractivity contribution is 1.10. The van der Waals surface area contributed by atoms with Gasteiger partial charge in [0.2, 0.25) is 5.13 Å². The van der Waals surface area contributed by atoms with Crippen molar-refractivity contribution in [3.05, 3.63) is 24.3 Å². The summed E-state index contributed by atoms with van der Waals surface area (Å²) in [6, 6.07) is 8.11. The predicted octanol–water partition coefficient (Wildman–Crippen LogP) is 2.51. The highest BCUT2D eigenvalue weighted by Crippen LogP contribution is 2.32. The van der Waals surface area contributed by atoms with Crippen LogP contribution in [0.3, 0.4) is 0 Å². The van der Waals surface area contributed by atoms with Crippen LogP contribution in [0.5, 0.6) is 0 Å². The smallest absolute Gasteiger partial charge is 0.203 e. The van der Waals surface area contributed by atoms with Gasteiger partial charge in [-0.2, -0.15) is 0 Å². The molecule has 0 bridgehead atoms. The van der Waals surface area contributed by atoms with E-state index in [1.807, 2.05) is 24.5 Å². The molecule has 0 radical (unpaired) electrons. The van der Waals surface area contributed by atoms with Gasteiger partial charge in [0.15, 0.2) is 5.01 Å². The largest absolute Gasteiger partial charge is 0.374 e. The summed E-state index contributed by atoms with van der Waals surface area (Å²) in [6.45, 7) is 0. The van der Waals surface area contributed by atoms with Gasteiger partial charge in [0.05, 0.1) is 0 Å². The Labute approximate surface area is 90.4 Å². The molecule has 0 fully saturated rings. The Balaban J connectivity index is 2.50. The zero-order chi connectivity index (χ0) is 9.97. The van der Waals surface area contributed by atoms with Crippen molar-refractivity contribution in [1.82, 2.24) is 10.2 Å². The number of nitrogen functional groups attached to an aromatic ring is 1. The van der Waals surface area contributed by atoms with Crippen LogP contribution >= 0.6 is 23.1 Å². The van der Waals surface area contributed by atoms with E-state index in [0.29, 0.717) is 5.13 Å². The van der Waals surface area contributed by atoms with Crippen molar-refractivity contribution in [1.29, 1.82) is 0 Å². The van der Waals surface area contributed by atoms with Crippen LogP contribution < -0.4 is 5.73 Å². The minimum absolute atomic E-state index is 0.510. The quantitative estimate of drug-likeness (QED) is 0.795. The highest BCUT2D eigenvalue weighted by molar-refractivity contribution is 7.98. The summed E-state index contributed by atoms with van der Waals surface area (Å²) in [6.07, 6.45) is 2.04. The minimum atomic E-state index is 0.510. The molecule has 2 aromatic rings. The van der Waals surface area contributed by atoms with Crippen LogP contribution in [0.2, 0.25) is 0 Å². The number of benzene rings is 1. The van der Waals surface area contributed by atoms with E-state index in [1.165, 1.54) is 16.2 Å². The lowest BCUT2D eigenvalue weighted by atomic mass is 10.2. The van der Waals surface area contributed by atoms with E-state index in [2.05, 4.69) is 16.3 Å².